The Morgan fingerprint density at radius 2 is 1.95 bits per heavy atom. The van der Waals surface area contributed by atoms with Crippen LogP contribution in [0.2, 0.25) is 0 Å². The van der Waals surface area contributed by atoms with E-state index in [1.54, 1.807) is 31.9 Å². The topological polar surface area (TPSA) is 29.9 Å². The molecule has 0 spiro atoms. The zero-order chi connectivity index (χ0) is 14.9. The van der Waals surface area contributed by atoms with Crippen LogP contribution in [0.15, 0.2) is 30.5 Å². The number of rotatable bonds is 3. The van der Waals surface area contributed by atoms with Crippen LogP contribution in [0.4, 0.5) is 13.2 Å². The molecule has 1 heterocycles. The SMILES string of the molecule is CNC(c1ccn(C)n1)c1ccc(C(F)(F)F)cc1C. The van der Waals surface area contributed by atoms with Crippen LogP contribution in [-0.4, -0.2) is 16.8 Å². The van der Waals surface area contributed by atoms with Crippen molar-refractivity contribution in [1.82, 2.24) is 15.1 Å². The number of halogens is 3. The molecule has 6 heteroatoms. The molecule has 0 saturated carbocycles. The van der Waals surface area contributed by atoms with Gasteiger partial charge in [-0.05, 0) is 43.3 Å². The summed E-state index contributed by atoms with van der Waals surface area (Å²) in [6.45, 7) is 1.68. The smallest absolute Gasteiger partial charge is 0.308 e. The normalized spacial score (nSPS) is 13.5. The maximum absolute atomic E-state index is 12.7. The number of benzene rings is 1. The van der Waals surface area contributed by atoms with Crippen molar-refractivity contribution in [2.45, 2.75) is 19.1 Å². The summed E-state index contributed by atoms with van der Waals surface area (Å²) in [5.41, 5.74) is 1.52. The van der Waals surface area contributed by atoms with E-state index in [0.29, 0.717) is 5.56 Å². The summed E-state index contributed by atoms with van der Waals surface area (Å²) < 4.78 is 39.7. The summed E-state index contributed by atoms with van der Waals surface area (Å²) in [6.07, 6.45) is -2.51. The molecule has 20 heavy (non-hydrogen) atoms. The van der Waals surface area contributed by atoms with Crippen LogP contribution in [-0.2, 0) is 13.2 Å². The van der Waals surface area contributed by atoms with Crippen LogP contribution in [0.3, 0.4) is 0 Å². The standard InChI is InChI=1S/C14H16F3N3/c1-9-8-10(14(15,16)17)4-5-11(9)13(18-2)12-6-7-20(3)19-12/h4-8,13,18H,1-3H3. The number of aryl methyl sites for hydroxylation is 2. The quantitative estimate of drug-likeness (QED) is 0.938. The molecular weight excluding hydrogens is 267 g/mol. The zero-order valence-electron chi connectivity index (χ0n) is 11.5. The van der Waals surface area contributed by atoms with Gasteiger partial charge in [0.25, 0.3) is 0 Å². The van der Waals surface area contributed by atoms with Crippen molar-refractivity contribution < 1.29 is 13.2 Å². The van der Waals surface area contributed by atoms with Gasteiger partial charge in [0.2, 0.25) is 0 Å². The molecule has 1 atom stereocenters. The Labute approximate surface area is 115 Å². The summed E-state index contributed by atoms with van der Waals surface area (Å²) in [4.78, 5) is 0. The van der Waals surface area contributed by atoms with Crippen molar-refractivity contribution in [3.05, 3.63) is 52.8 Å². The third-order valence-electron chi connectivity index (χ3n) is 3.23. The lowest BCUT2D eigenvalue weighted by molar-refractivity contribution is -0.137. The van der Waals surface area contributed by atoms with Gasteiger partial charge in [-0.25, -0.2) is 0 Å². The van der Waals surface area contributed by atoms with Gasteiger partial charge in [-0.15, -0.1) is 0 Å². The van der Waals surface area contributed by atoms with Crippen molar-refractivity contribution >= 4 is 0 Å². The molecule has 0 amide bonds. The highest BCUT2D eigenvalue weighted by atomic mass is 19.4. The van der Waals surface area contributed by atoms with E-state index in [-0.39, 0.29) is 6.04 Å². The Kier molecular flexibility index (Phi) is 3.85. The molecule has 2 rings (SSSR count). The van der Waals surface area contributed by atoms with Crippen molar-refractivity contribution in [3.8, 4) is 0 Å². The fourth-order valence-corrected chi connectivity index (χ4v) is 2.23. The van der Waals surface area contributed by atoms with Gasteiger partial charge in [0.1, 0.15) is 0 Å². The fraction of sp³-hybridized carbons (Fsp3) is 0.357. The zero-order valence-corrected chi connectivity index (χ0v) is 11.5. The van der Waals surface area contributed by atoms with Crippen molar-refractivity contribution in [1.29, 1.82) is 0 Å². The Hall–Kier alpha value is -1.82. The number of aromatic nitrogens is 2. The van der Waals surface area contributed by atoms with E-state index in [1.165, 1.54) is 12.1 Å². The third kappa shape index (κ3) is 2.85. The van der Waals surface area contributed by atoms with Crippen LogP contribution < -0.4 is 5.32 Å². The van der Waals surface area contributed by atoms with Crippen LogP contribution >= 0.6 is 0 Å². The van der Waals surface area contributed by atoms with E-state index in [0.717, 1.165) is 17.3 Å². The van der Waals surface area contributed by atoms with E-state index < -0.39 is 11.7 Å². The van der Waals surface area contributed by atoms with Crippen LogP contribution in [0.25, 0.3) is 0 Å². The van der Waals surface area contributed by atoms with Gasteiger partial charge in [0.05, 0.1) is 17.3 Å². The minimum atomic E-state index is -4.32. The van der Waals surface area contributed by atoms with Gasteiger partial charge in [0, 0.05) is 13.2 Å². The first kappa shape index (κ1) is 14.6. The van der Waals surface area contributed by atoms with Crippen LogP contribution in [0, 0.1) is 6.92 Å². The number of hydrogen-bond donors (Lipinski definition) is 1. The maximum atomic E-state index is 12.7. The maximum Gasteiger partial charge on any atom is 0.416 e. The van der Waals surface area contributed by atoms with Crippen LogP contribution in [0.1, 0.15) is 28.4 Å². The lowest BCUT2D eigenvalue weighted by atomic mass is 9.97. The highest BCUT2D eigenvalue weighted by molar-refractivity contribution is 5.38. The minimum absolute atomic E-state index is 0.224. The molecule has 1 aromatic heterocycles. The lowest BCUT2D eigenvalue weighted by Crippen LogP contribution is -2.20. The fourth-order valence-electron chi connectivity index (χ4n) is 2.23. The monoisotopic (exact) mass is 283 g/mol. The molecule has 1 aromatic carbocycles. The van der Waals surface area contributed by atoms with Gasteiger partial charge < -0.3 is 5.32 Å². The Morgan fingerprint density at radius 1 is 1.25 bits per heavy atom. The summed E-state index contributed by atoms with van der Waals surface area (Å²) >= 11 is 0. The average molecular weight is 283 g/mol. The highest BCUT2D eigenvalue weighted by Crippen LogP contribution is 2.32. The summed E-state index contributed by atoms with van der Waals surface area (Å²) in [5, 5.41) is 7.39. The summed E-state index contributed by atoms with van der Waals surface area (Å²) in [6, 6.07) is 5.41. The van der Waals surface area contributed by atoms with E-state index in [4.69, 9.17) is 0 Å². The van der Waals surface area contributed by atoms with Crippen LogP contribution in [0.5, 0.6) is 0 Å². The average Bonchev–Trinajstić information content (AvgIpc) is 2.77. The second-order valence-corrected chi connectivity index (χ2v) is 4.71. The second-order valence-electron chi connectivity index (χ2n) is 4.71. The Morgan fingerprint density at radius 3 is 2.40 bits per heavy atom. The van der Waals surface area contributed by atoms with Gasteiger partial charge >= 0.3 is 6.18 Å². The Bertz CT molecular complexity index is 602. The predicted molar refractivity (Wildman–Crippen MR) is 70.3 cm³/mol. The number of alkyl halides is 3. The molecule has 108 valence electrons. The molecule has 0 bridgehead atoms. The largest absolute Gasteiger partial charge is 0.416 e. The molecule has 2 aromatic rings. The molecule has 3 nitrogen and oxygen atoms in total. The molecule has 0 fully saturated rings. The minimum Gasteiger partial charge on any atom is -0.308 e. The lowest BCUT2D eigenvalue weighted by Gasteiger charge is -2.18. The predicted octanol–water partition coefficient (Wildman–Crippen LogP) is 3.06. The van der Waals surface area contributed by atoms with E-state index in [1.807, 2.05) is 6.07 Å². The first-order valence-electron chi connectivity index (χ1n) is 6.17. The van der Waals surface area contributed by atoms with Crippen molar-refractivity contribution in [3.63, 3.8) is 0 Å². The molecule has 1 N–H and O–H groups in total. The van der Waals surface area contributed by atoms with Gasteiger partial charge in [0.15, 0.2) is 0 Å². The first-order valence-corrected chi connectivity index (χ1v) is 6.17. The number of nitrogens with one attached hydrogen (secondary N) is 1. The number of nitrogens with zero attached hydrogens (tertiary/aromatic N) is 2. The Balaban J connectivity index is 2.41. The van der Waals surface area contributed by atoms with Gasteiger partial charge in [-0.1, -0.05) is 6.07 Å². The number of hydrogen-bond acceptors (Lipinski definition) is 2. The van der Waals surface area contributed by atoms with Crippen molar-refractivity contribution in [2.75, 3.05) is 7.05 Å². The molecule has 0 aliphatic carbocycles. The van der Waals surface area contributed by atoms with E-state index in [9.17, 15) is 13.2 Å². The highest BCUT2D eigenvalue weighted by Gasteiger charge is 2.31. The molecule has 0 aliphatic rings. The molecule has 0 saturated heterocycles. The van der Waals surface area contributed by atoms with Crippen molar-refractivity contribution in [2.24, 2.45) is 7.05 Å². The second kappa shape index (κ2) is 5.28. The molecule has 1 unspecified atom stereocenters. The first-order chi connectivity index (χ1) is 9.32. The van der Waals surface area contributed by atoms with E-state index in [2.05, 4.69) is 10.4 Å². The van der Waals surface area contributed by atoms with E-state index >= 15 is 0 Å². The summed E-state index contributed by atoms with van der Waals surface area (Å²) in [5.74, 6) is 0. The molecular formula is C14H16F3N3. The molecule has 0 aliphatic heterocycles. The summed E-state index contributed by atoms with van der Waals surface area (Å²) in [7, 11) is 3.56. The third-order valence-corrected chi connectivity index (χ3v) is 3.23. The van der Waals surface area contributed by atoms with Gasteiger partial charge in [-0.2, -0.15) is 18.3 Å². The molecule has 0 radical (unpaired) electrons. The van der Waals surface area contributed by atoms with Gasteiger partial charge in [-0.3, -0.25) is 4.68 Å².